The molecule has 2 atom stereocenters. The fourth-order valence-electron chi connectivity index (χ4n) is 3.91. The second-order valence-corrected chi connectivity index (χ2v) is 7.58. The van der Waals surface area contributed by atoms with Gasteiger partial charge in [0.2, 0.25) is 11.7 Å². The molecule has 4 rings (SSSR count). The molecule has 0 radical (unpaired) electrons. The number of nitrogens with zero attached hydrogens (tertiary/aromatic N) is 3. The molecule has 7 nitrogen and oxygen atoms in total. The van der Waals surface area contributed by atoms with E-state index in [-0.39, 0.29) is 29.7 Å². The van der Waals surface area contributed by atoms with Crippen molar-refractivity contribution in [1.82, 2.24) is 25.2 Å². The van der Waals surface area contributed by atoms with Crippen molar-refractivity contribution in [3.8, 4) is 11.1 Å². The Morgan fingerprint density at radius 2 is 1.97 bits per heavy atom. The molecule has 150 valence electrons. The summed E-state index contributed by atoms with van der Waals surface area (Å²) in [5.74, 6) is 0.0616. The van der Waals surface area contributed by atoms with Crippen molar-refractivity contribution in [2.75, 3.05) is 7.05 Å². The normalized spacial score (nSPS) is 18.7. The van der Waals surface area contributed by atoms with Crippen LogP contribution in [0.15, 0.2) is 42.9 Å². The van der Waals surface area contributed by atoms with Gasteiger partial charge in [-0.05, 0) is 48.4 Å². The number of carbonyl (C=O) groups is 2. The summed E-state index contributed by atoms with van der Waals surface area (Å²) in [5, 5.41) is 4.14. The first-order valence-corrected chi connectivity index (χ1v) is 10.0. The number of amides is 2. The smallest absolute Gasteiger partial charge is 0.291 e. The molecular weight excluding hydrogens is 366 g/mol. The van der Waals surface area contributed by atoms with Gasteiger partial charge < -0.3 is 15.2 Å². The number of fused-ring (bicyclic) bond motifs is 1. The Balaban J connectivity index is 1.43. The summed E-state index contributed by atoms with van der Waals surface area (Å²) < 4.78 is 0. The van der Waals surface area contributed by atoms with Crippen LogP contribution < -0.4 is 5.32 Å². The van der Waals surface area contributed by atoms with Crippen molar-refractivity contribution >= 4 is 22.7 Å². The van der Waals surface area contributed by atoms with E-state index in [1.54, 1.807) is 24.3 Å². The van der Waals surface area contributed by atoms with Crippen LogP contribution in [0, 0.1) is 0 Å². The van der Waals surface area contributed by atoms with E-state index in [1.165, 1.54) is 0 Å². The molecule has 2 amide bonds. The van der Waals surface area contributed by atoms with E-state index in [0.717, 1.165) is 41.3 Å². The molecule has 1 fully saturated rings. The van der Waals surface area contributed by atoms with Crippen molar-refractivity contribution < 1.29 is 9.59 Å². The summed E-state index contributed by atoms with van der Waals surface area (Å²) >= 11 is 0. The highest BCUT2D eigenvalue weighted by Crippen LogP contribution is 2.25. The summed E-state index contributed by atoms with van der Waals surface area (Å²) in [4.78, 5) is 37.9. The molecule has 0 spiro atoms. The van der Waals surface area contributed by atoms with Crippen LogP contribution in [0.4, 0.5) is 0 Å². The summed E-state index contributed by atoms with van der Waals surface area (Å²) in [5.41, 5.74) is 2.96. The summed E-state index contributed by atoms with van der Waals surface area (Å²) in [6.45, 7) is 1.84. The van der Waals surface area contributed by atoms with Gasteiger partial charge in [-0.3, -0.25) is 9.59 Å². The number of carbonyl (C=O) groups excluding carboxylic acids is 2. The molecule has 2 N–H and O–H groups in total. The maximum atomic E-state index is 12.8. The first-order valence-electron chi connectivity index (χ1n) is 10.0. The molecule has 0 unspecified atom stereocenters. The SMILES string of the molecule is CCC(=O)N[C@H]1CC[C@@H](N(C)C(=O)c2ncc(-c3ccc4[nH]ccc4c3)cn2)C1. The predicted octanol–water partition coefficient (Wildman–Crippen LogP) is 3.14. The second-order valence-electron chi connectivity index (χ2n) is 7.58. The van der Waals surface area contributed by atoms with Gasteiger partial charge in [-0.2, -0.15) is 0 Å². The highest BCUT2D eigenvalue weighted by molar-refractivity contribution is 5.91. The number of hydrogen-bond donors (Lipinski definition) is 2. The molecular formula is C22H25N5O2. The zero-order chi connectivity index (χ0) is 20.4. The summed E-state index contributed by atoms with van der Waals surface area (Å²) in [6, 6.07) is 8.34. The average molecular weight is 391 g/mol. The maximum absolute atomic E-state index is 12.8. The van der Waals surface area contributed by atoms with Gasteiger partial charge in [-0.1, -0.05) is 13.0 Å². The minimum absolute atomic E-state index is 0.0568. The fourth-order valence-corrected chi connectivity index (χ4v) is 3.91. The molecule has 0 bridgehead atoms. The Morgan fingerprint density at radius 1 is 1.17 bits per heavy atom. The van der Waals surface area contributed by atoms with E-state index < -0.39 is 0 Å². The molecule has 0 saturated heterocycles. The minimum Gasteiger partial charge on any atom is -0.361 e. The van der Waals surface area contributed by atoms with Crippen molar-refractivity contribution in [2.45, 2.75) is 44.7 Å². The number of benzene rings is 1. The lowest BCUT2D eigenvalue weighted by Crippen LogP contribution is -2.38. The third-order valence-corrected chi connectivity index (χ3v) is 5.69. The van der Waals surface area contributed by atoms with Crippen molar-refractivity contribution in [3.05, 3.63) is 48.7 Å². The van der Waals surface area contributed by atoms with Gasteiger partial charge in [-0.15, -0.1) is 0 Å². The third-order valence-electron chi connectivity index (χ3n) is 5.69. The number of hydrogen-bond acceptors (Lipinski definition) is 4. The Hall–Kier alpha value is -3.22. The van der Waals surface area contributed by atoms with Crippen molar-refractivity contribution in [2.24, 2.45) is 0 Å². The summed E-state index contributed by atoms with van der Waals surface area (Å²) in [6.07, 6.45) is 8.29. The zero-order valence-electron chi connectivity index (χ0n) is 16.7. The van der Waals surface area contributed by atoms with Gasteiger partial charge in [0.05, 0.1) is 0 Å². The Labute approximate surface area is 169 Å². The van der Waals surface area contributed by atoms with Gasteiger partial charge >= 0.3 is 0 Å². The van der Waals surface area contributed by atoms with E-state index in [0.29, 0.717) is 6.42 Å². The van der Waals surface area contributed by atoms with Crippen LogP contribution in [0.5, 0.6) is 0 Å². The molecule has 2 heterocycles. The van der Waals surface area contributed by atoms with E-state index in [2.05, 4.69) is 26.3 Å². The van der Waals surface area contributed by atoms with E-state index >= 15 is 0 Å². The quantitative estimate of drug-likeness (QED) is 0.699. The molecule has 1 aliphatic carbocycles. The van der Waals surface area contributed by atoms with Gasteiger partial charge in [0.1, 0.15) is 0 Å². The van der Waals surface area contributed by atoms with Crippen LogP contribution >= 0.6 is 0 Å². The van der Waals surface area contributed by atoms with Crippen molar-refractivity contribution in [1.29, 1.82) is 0 Å². The molecule has 2 aromatic heterocycles. The highest BCUT2D eigenvalue weighted by atomic mass is 16.2. The number of nitrogens with one attached hydrogen (secondary N) is 2. The number of H-pyrrole nitrogens is 1. The first-order chi connectivity index (χ1) is 14.0. The van der Waals surface area contributed by atoms with Gasteiger partial charge in [0, 0.05) is 55.2 Å². The lowest BCUT2D eigenvalue weighted by Gasteiger charge is -2.24. The van der Waals surface area contributed by atoms with Crippen LogP contribution in [0.3, 0.4) is 0 Å². The Kier molecular flexibility index (Phi) is 5.29. The predicted molar refractivity (Wildman–Crippen MR) is 111 cm³/mol. The van der Waals surface area contributed by atoms with Crippen molar-refractivity contribution in [3.63, 3.8) is 0 Å². The zero-order valence-corrected chi connectivity index (χ0v) is 16.7. The van der Waals surface area contributed by atoms with Gasteiger partial charge in [0.25, 0.3) is 5.91 Å². The topological polar surface area (TPSA) is 91.0 Å². The number of aromatic nitrogens is 3. The number of rotatable bonds is 5. The van der Waals surface area contributed by atoms with E-state index in [4.69, 9.17) is 0 Å². The lowest BCUT2D eigenvalue weighted by molar-refractivity contribution is -0.121. The summed E-state index contributed by atoms with van der Waals surface area (Å²) in [7, 11) is 1.79. The van der Waals surface area contributed by atoms with E-state index in [1.807, 2.05) is 31.3 Å². The minimum atomic E-state index is -0.190. The largest absolute Gasteiger partial charge is 0.361 e. The molecule has 1 aromatic carbocycles. The second kappa shape index (κ2) is 8.03. The van der Waals surface area contributed by atoms with Crippen LogP contribution in [0.1, 0.15) is 43.2 Å². The van der Waals surface area contributed by atoms with E-state index in [9.17, 15) is 9.59 Å². The van der Waals surface area contributed by atoms with Crippen LogP contribution in [-0.4, -0.2) is 50.8 Å². The monoisotopic (exact) mass is 391 g/mol. The molecule has 0 aliphatic heterocycles. The molecule has 1 saturated carbocycles. The highest BCUT2D eigenvalue weighted by Gasteiger charge is 2.31. The molecule has 3 aromatic rings. The third kappa shape index (κ3) is 3.99. The maximum Gasteiger partial charge on any atom is 0.291 e. The average Bonchev–Trinajstić information content (AvgIpc) is 3.41. The lowest BCUT2D eigenvalue weighted by atomic mass is 10.1. The first kappa shape index (κ1) is 19.1. The van der Waals surface area contributed by atoms with Crippen LogP contribution in [-0.2, 0) is 4.79 Å². The standard InChI is InChI=1S/C22H25N5O2/c1-3-20(28)26-17-5-6-18(11-17)27(2)22(29)21-24-12-16(13-25-21)14-4-7-19-15(10-14)8-9-23-19/h4,7-10,12-13,17-18,23H,3,5-6,11H2,1-2H3,(H,26,28)/t17-,18+/m0/s1. The Morgan fingerprint density at radius 3 is 2.72 bits per heavy atom. The Bertz CT molecular complexity index is 1030. The van der Waals surface area contributed by atoms with Crippen LogP contribution in [0.2, 0.25) is 0 Å². The molecule has 1 aliphatic rings. The fraction of sp³-hybridized carbons (Fsp3) is 0.364. The van der Waals surface area contributed by atoms with Crippen LogP contribution in [0.25, 0.3) is 22.0 Å². The molecule has 7 heteroatoms. The molecule has 29 heavy (non-hydrogen) atoms. The van der Waals surface area contributed by atoms with Gasteiger partial charge in [0.15, 0.2) is 0 Å². The number of aromatic amines is 1. The van der Waals surface area contributed by atoms with Gasteiger partial charge in [-0.25, -0.2) is 9.97 Å².